The smallest absolute Gasteiger partial charge is 0.270 e. The van der Waals surface area contributed by atoms with Crippen molar-refractivity contribution in [3.63, 3.8) is 0 Å². The lowest BCUT2D eigenvalue weighted by Crippen LogP contribution is -2.47. The molecule has 3 rings (SSSR count). The lowest BCUT2D eigenvalue weighted by molar-refractivity contribution is -0.384. The summed E-state index contributed by atoms with van der Waals surface area (Å²) < 4.78 is 5.21. The van der Waals surface area contributed by atoms with Gasteiger partial charge < -0.3 is 14.5 Å². The lowest BCUT2D eigenvalue weighted by atomic mass is 9.92. The molecule has 0 bridgehead atoms. The van der Waals surface area contributed by atoms with Gasteiger partial charge in [0.2, 0.25) is 5.91 Å². The number of piperidine rings is 2. The molecule has 2 fully saturated rings. The van der Waals surface area contributed by atoms with Crippen LogP contribution in [-0.4, -0.2) is 59.8 Å². The topological polar surface area (TPSA) is 93.0 Å². The lowest BCUT2D eigenvalue weighted by Gasteiger charge is -2.37. The van der Waals surface area contributed by atoms with Crippen LogP contribution >= 0.6 is 0 Å². The predicted molar refractivity (Wildman–Crippen MR) is 103 cm³/mol. The normalized spacial score (nSPS) is 20.7. The van der Waals surface area contributed by atoms with Crippen LogP contribution in [0.5, 0.6) is 5.75 Å². The van der Waals surface area contributed by atoms with Gasteiger partial charge in [-0.25, -0.2) is 0 Å². The molecule has 1 atom stereocenters. The molecule has 2 heterocycles. The molecule has 2 amide bonds. The van der Waals surface area contributed by atoms with Gasteiger partial charge in [-0.15, -0.1) is 0 Å². The van der Waals surface area contributed by atoms with E-state index < -0.39 is 4.92 Å². The van der Waals surface area contributed by atoms with E-state index in [2.05, 4.69) is 6.92 Å². The molecule has 2 aliphatic rings. The van der Waals surface area contributed by atoms with Crippen LogP contribution < -0.4 is 4.74 Å². The second kappa shape index (κ2) is 8.58. The summed E-state index contributed by atoms with van der Waals surface area (Å²) in [7, 11) is 1.43. The first-order chi connectivity index (χ1) is 13.4. The van der Waals surface area contributed by atoms with E-state index in [-0.39, 0.29) is 29.0 Å². The van der Waals surface area contributed by atoms with Gasteiger partial charge >= 0.3 is 0 Å². The first-order valence-corrected chi connectivity index (χ1v) is 9.81. The molecule has 0 aliphatic carbocycles. The van der Waals surface area contributed by atoms with Gasteiger partial charge in [-0.05, 0) is 37.7 Å². The zero-order chi connectivity index (χ0) is 20.3. The van der Waals surface area contributed by atoms with Crippen LogP contribution in [0.4, 0.5) is 5.69 Å². The molecule has 0 N–H and O–H groups in total. The molecule has 0 radical (unpaired) electrons. The number of hydrogen-bond donors (Lipinski definition) is 0. The summed E-state index contributed by atoms with van der Waals surface area (Å²) in [6.45, 7) is 4.75. The minimum absolute atomic E-state index is 0.0543. The Kier molecular flexibility index (Phi) is 6.16. The first kappa shape index (κ1) is 20.1. The zero-order valence-corrected chi connectivity index (χ0v) is 16.4. The van der Waals surface area contributed by atoms with Gasteiger partial charge in [0.1, 0.15) is 5.75 Å². The van der Waals surface area contributed by atoms with Gasteiger partial charge in [0, 0.05) is 44.2 Å². The van der Waals surface area contributed by atoms with Crippen LogP contribution in [0.1, 0.15) is 43.0 Å². The minimum atomic E-state index is -0.527. The quantitative estimate of drug-likeness (QED) is 0.583. The Bertz CT molecular complexity index is 758. The number of non-ortho nitro benzene ring substituents is 1. The molecule has 2 saturated heterocycles. The summed E-state index contributed by atoms with van der Waals surface area (Å²) >= 11 is 0. The molecule has 2 aliphatic heterocycles. The van der Waals surface area contributed by atoms with E-state index in [9.17, 15) is 19.7 Å². The Labute approximate surface area is 164 Å². The summed E-state index contributed by atoms with van der Waals surface area (Å²) in [4.78, 5) is 39.8. The maximum atomic E-state index is 12.9. The Morgan fingerprint density at radius 3 is 2.46 bits per heavy atom. The molecular formula is C20H27N3O5. The van der Waals surface area contributed by atoms with Crippen molar-refractivity contribution in [3.05, 3.63) is 33.9 Å². The number of likely N-dealkylation sites (tertiary alicyclic amines) is 2. The Hall–Kier alpha value is -2.64. The Morgan fingerprint density at radius 1 is 1.14 bits per heavy atom. The molecule has 0 aromatic heterocycles. The van der Waals surface area contributed by atoms with E-state index in [0.29, 0.717) is 37.6 Å². The number of nitro benzene ring substituents is 1. The summed E-state index contributed by atoms with van der Waals surface area (Å²) in [5.41, 5.74) is 0.0414. The summed E-state index contributed by atoms with van der Waals surface area (Å²) in [5, 5.41) is 11.0. The number of ether oxygens (including phenoxy) is 1. The van der Waals surface area contributed by atoms with Crippen molar-refractivity contribution in [2.24, 2.45) is 11.8 Å². The highest BCUT2D eigenvalue weighted by Crippen LogP contribution is 2.28. The fourth-order valence-electron chi connectivity index (χ4n) is 4.12. The summed E-state index contributed by atoms with van der Waals surface area (Å²) in [6, 6.07) is 4.02. The van der Waals surface area contributed by atoms with E-state index in [1.165, 1.54) is 31.7 Å². The van der Waals surface area contributed by atoms with Crippen molar-refractivity contribution >= 4 is 17.5 Å². The average molecular weight is 389 g/mol. The Balaban J connectivity index is 1.64. The van der Waals surface area contributed by atoms with Gasteiger partial charge in [-0.1, -0.05) is 6.92 Å². The minimum Gasteiger partial charge on any atom is -0.496 e. The van der Waals surface area contributed by atoms with Gasteiger partial charge in [-0.2, -0.15) is 0 Å². The van der Waals surface area contributed by atoms with Crippen LogP contribution in [-0.2, 0) is 4.79 Å². The molecule has 152 valence electrons. The molecule has 0 unspecified atom stereocenters. The van der Waals surface area contributed by atoms with E-state index in [1.54, 1.807) is 4.90 Å². The van der Waals surface area contributed by atoms with Crippen molar-refractivity contribution in [2.75, 3.05) is 33.3 Å². The van der Waals surface area contributed by atoms with Crippen molar-refractivity contribution in [1.29, 1.82) is 0 Å². The fourth-order valence-corrected chi connectivity index (χ4v) is 4.12. The SMILES string of the molecule is COc1ccc([N+](=O)[O-])cc1C(=O)N1CCC(C(=O)N2CCC[C@H](C)C2)CC1. The molecule has 8 nitrogen and oxygen atoms in total. The largest absolute Gasteiger partial charge is 0.496 e. The van der Waals surface area contributed by atoms with E-state index in [1.807, 2.05) is 4.90 Å². The van der Waals surface area contributed by atoms with Gasteiger partial charge in [-0.3, -0.25) is 19.7 Å². The highest BCUT2D eigenvalue weighted by Gasteiger charge is 2.33. The van der Waals surface area contributed by atoms with Gasteiger partial charge in [0.15, 0.2) is 0 Å². The van der Waals surface area contributed by atoms with Gasteiger partial charge in [0.25, 0.3) is 11.6 Å². The number of carbonyl (C=O) groups excluding carboxylic acids is 2. The predicted octanol–water partition coefficient (Wildman–Crippen LogP) is 2.71. The third-order valence-corrected chi connectivity index (χ3v) is 5.72. The number of methoxy groups -OCH3 is 1. The Morgan fingerprint density at radius 2 is 1.86 bits per heavy atom. The molecular weight excluding hydrogens is 362 g/mol. The number of rotatable bonds is 4. The average Bonchev–Trinajstić information content (AvgIpc) is 2.72. The fraction of sp³-hybridized carbons (Fsp3) is 0.600. The highest BCUT2D eigenvalue weighted by atomic mass is 16.6. The van der Waals surface area contributed by atoms with Crippen LogP contribution in [0.15, 0.2) is 18.2 Å². The van der Waals surface area contributed by atoms with Crippen LogP contribution in [0, 0.1) is 22.0 Å². The maximum Gasteiger partial charge on any atom is 0.270 e. The maximum absolute atomic E-state index is 12.9. The number of carbonyl (C=O) groups is 2. The molecule has 0 saturated carbocycles. The van der Waals surface area contributed by atoms with E-state index in [0.717, 1.165) is 19.5 Å². The molecule has 1 aromatic rings. The molecule has 28 heavy (non-hydrogen) atoms. The van der Waals surface area contributed by atoms with Crippen LogP contribution in [0.25, 0.3) is 0 Å². The summed E-state index contributed by atoms with van der Waals surface area (Å²) in [6.07, 6.45) is 3.46. The zero-order valence-electron chi connectivity index (χ0n) is 16.4. The third kappa shape index (κ3) is 4.26. The second-order valence-corrected chi connectivity index (χ2v) is 7.74. The number of amides is 2. The van der Waals surface area contributed by atoms with E-state index >= 15 is 0 Å². The standard InChI is InChI=1S/C20H27N3O5/c1-14-4-3-9-22(13-14)19(24)15-7-10-21(11-8-15)20(25)17-12-16(23(26)27)5-6-18(17)28-2/h5-6,12,14-15H,3-4,7-11,13H2,1-2H3/t14-/m0/s1. The number of hydrogen-bond acceptors (Lipinski definition) is 5. The highest BCUT2D eigenvalue weighted by molar-refractivity contribution is 5.97. The first-order valence-electron chi connectivity index (χ1n) is 9.81. The monoisotopic (exact) mass is 389 g/mol. The van der Waals surface area contributed by atoms with E-state index in [4.69, 9.17) is 4.74 Å². The van der Waals surface area contributed by atoms with Crippen molar-refractivity contribution in [2.45, 2.75) is 32.6 Å². The van der Waals surface area contributed by atoms with Crippen molar-refractivity contribution < 1.29 is 19.2 Å². The van der Waals surface area contributed by atoms with Crippen LogP contribution in [0.3, 0.4) is 0 Å². The third-order valence-electron chi connectivity index (χ3n) is 5.72. The van der Waals surface area contributed by atoms with Gasteiger partial charge in [0.05, 0.1) is 17.6 Å². The number of nitro groups is 1. The molecule has 0 spiro atoms. The van der Waals surface area contributed by atoms with Crippen molar-refractivity contribution in [1.82, 2.24) is 9.80 Å². The molecule has 8 heteroatoms. The summed E-state index contributed by atoms with van der Waals surface area (Å²) in [5.74, 6) is 0.711. The molecule has 1 aromatic carbocycles. The second-order valence-electron chi connectivity index (χ2n) is 7.74. The number of nitrogens with zero attached hydrogens (tertiary/aromatic N) is 3. The number of benzene rings is 1. The van der Waals surface area contributed by atoms with Crippen LogP contribution in [0.2, 0.25) is 0 Å². The van der Waals surface area contributed by atoms with Crippen molar-refractivity contribution in [3.8, 4) is 5.75 Å².